The molecule has 1 aromatic carbocycles. The van der Waals surface area contributed by atoms with Crippen molar-refractivity contribution in [1.29, 1.82) is 0 Å². The molecule has 4 nitrogen and oxygen atoms in total. The summed E-state index contributed by atoms with van der Waals surface area (Å²) in [4.78, 5) is 15.4. The number of benzene rings is 1. The van der Waals surface area contributed by atoms with Gasteiger partial charge in [0.2, 0.25) is 0 Å². The third-order valence-corrected chi connectivity index (χ3v) is 2.48. The zero-order valence-electron chi connectivity index (χ0n) is 8.72. The molecule has 0 saturated heterocycles. The molecule has 5 heteroatoms. The van der Waals surface area contributed by atoms with Crippen LogP contribution in [-0.4, -0.2) is 14.6 Å². The summed E-state index contributed by atoms with van der Waals surface area (Å²) < 4.78 is 14.4. The first kappa shape index (κ1) is 9.77. The molecule has 84 valence electrons. The Balaban J connectivity index is 2.17. The number of rotatable bonds is 1. The van der Waals surface area contributed by atoms with Crippen LogP contribution in [0, 0.1) is 5.82 Å². The Hall–Kier alpha value is -2.43. The maximum Gasteiger partial charge on any atom is 0.183 e. The van der Waals surface area contributed by atoms with Crippen molar-refractivity contribution in [1.82, 2.24) is 14.6 Å². The molecule has 0 saturated carbocycles. The van der Waals surface area contributed by atoms with E-state index in [1.54, 1.807) is 22.8 Å². The van der Waals surface area contributed by atoms with Crippen molar-refractivity contribution < 1.29 is 4.39 Å². The maximum absolute atomic E-state index is 12.8. The van der Waals surface area contributed by atoms with Gasteiger partial charge in [0.15, 0.2) is 16.9 Å². The van der Waals surface area contributed by atoms with E-state index in [-0.39, 0.29) is 11.2 Å². The summed E-state index contributed by atoms with van der Waals surface area (Å²) in [6, 6.07) is 8.87. The molecule has 0 aliphatic carbocycles. The summed E-state index contributed by atoms with van der Waals surface area (Å²) in [5.74, 6) is 0.301. The molecule has 17 heavy (non-hydrogen) atoms. The molecular formula is C12H8FN3O. The van der Waals surface area contributed by atoms with Crippen molar-refractivity contribution >= 4 is 5.65 Å². The second-order valence-corrected chi connectivity index (χ2v) is 3.67. The van der Waals surface area contributed by atoms with E-state index >= 15 is 0 Å². The lowest BCUT2D eigenvalue weighted by molar-refractivity contribution is 0.628. The van der Waals surface area contributed by atoms with Gasteiger partial charge < -0.3 is 0 Å². The van der Waals surface area contributed by atoms with E-state index in [0.29, 0.717) is 11.5 Å². The standard InChI is InChI=1S/C12H8FN3O/c13-9-3-1-8(2-4-9)12-14-11-7-10(17)5-6-16(11)15-12/h1-7H,(H,14,15). The topological polar surface area (TPSA) is 50.2 Å². The van der Waals surface area contributed by atoms with Crippen molar-refractivity contribution in [2.75, 3.05) is 0 Å². The summed E-state index contributed by atoms with van der Waals surface area (Å²) in [6.45, 7) is 0. The molecule has 0 bridgehead atoms. The van der Waals surface area contributed by atoms with Crippen LogP contribution in [0.15, 0.2) is 47.4 Å². The Morgan fingerprint density at radius 2 is 1.94 bits per heavy atom. The van der Waals surface area contributed by atoms with Crippen LogP contribution in [-0.2, 0) is 0 Å². The number of pyridine rings is 1. The van der Waals surface area contributed by atoms with Gasteiger partial charge in [-0.3, -0.25) is 9.89 Å². The molecule has 0 aliphatic rings. The molecular weight excluding hydrogens is 221 g/mol. The van der Waals surface area contributed by atoms with Gasteiger partial charge in [-0.15, -0.1) is 0 Å². The first-order valence-electron chi connectivity index (χ1n) is 5.07. The van der Waals surface area contributed by atoms with Crippen LogP contribution in [0.25, 0.3) is 17.0 Å². The molecule has 0 atom stereocenters. The molecule has 1 N–H and O–H groups in total. The van der Waals surface area contributed by atoms with Gasteiger partial charge >= 0.3 is 0 Å². The molecule has 0 radical (unpaired) electrons. The molecule has 3 rings (SSSR count). The minimum absolute atomic E-state index is 0.0952. The van der Waals surface area contributed by atoms with Crippen LogP contribution in [0.2, 0.25) is 0 Å². The maximum atomic E-state index is 12.8. The molecule has 2 heterocycles. The molecule has 0 unspecified atom stereocenters. The Labute approximate surface area is 95.3 Å². The fraction of sp³-hybridized carbons (Fsp3) is 0. The van der Waals surface area contributed by atoms with E-state index in [1.807, 2.05) is 0 Å². The van der Waals surface area contributed by atoms with Crippen LogP contribution in [0.4, 0.5) is 4.39 Å². The fourth-order valence-corrected chi connectivity index (χ4v) is 1.64. The highest BCUT2D eigenvalue weighted by atomic mass is 19.1. The number of hydrogen-bond donors (Lipinski definition) is 1. The first-order chi connectivity index (χ1) is 8.22. The Kier molecular flexibility index (Phi) is 2.04. The molecule has 2 aromatic heterocycles. The van der Waals surface area contributed by atoms with Crippen LogP contribution in [0.3, 0.4) is 0 Å². The van der Waals surface area contributed by atoms with Crippen molar-refractivity contribution in [2.24, 2.45) is 0 Å². The number of nitrogens with zero attached hydrogens (tertiary/aromatic N) is 2. The summed E-state index contributed by atoms with van der Waals surface area (Å²) in [7, 11) is 0. The Morgan fingerprint density at radius 3 is 2.71 bits per heavy atom. The predicted octanol–water partition coefficient (Wildman–Crippen LogP) is 1.83. The largest absolute Gasteiger partial charge is 0.290 e. The van der Waals surface area contributed by atoms with E-state index in [0.717, 1.165) is 5.56 Å². The summed E-state index contributed by atoms with van der Waals surface area (Å²) in [5, 5.41) is 3.00. The van der Waals surface area contributed by atoms with Crippen LogP contribution in [0.5, 0.6) is 0 Å². The highest BCUT2D eigenvalue weighted by Crippen LogP contribution is 2.15. The molecule has 0 fully saturated rings. The first-order valence-corrected chi connectivity index (χ1v) is 5.07. The molecule has 3 aromatic rings. The number of aromatic nitrogens is 3. The highest BCUT2D eigenvalue weighted by molar-refractivity contribution is 5.57. The number of nitrogens with one attached hydrogen (secondary N) is 1. The lowest BCUT2D eigenvalue weighted by Crippen LogP contribution is -1.98. The van der Waals surface area contributed by atoms with E-state index < -0.39 is 0 Å². The predicted molar refractivity (Wildman–Crippen MR) is 61.2 cm³/mol. The van der Waals surface area contributed by atoms with Gasteiger partial charge in [-0.25, -0.2) is 13.9 Å². The number of hydrogen-bond acceptors (Lipinski definition) is 2. The number of fused-ring (bicyclic) bond motifs is 1. The van der Waals surface area contributed by atoms with Gasteiger partial charge in [-0.2, -0.15) is 0 Å². The van der Waals surface area contributed by atoms with Gasteiger partial charge in [0.05, 0.1) is 0 Å². The highest BCUT2D eigenvalue weighted by Gasteiger charge is 2.04. The van der Waals surface area contributed by atoms with Crippen LogP contribution in [0.1, 0.15) is 0 Å². The van der Waals surface area contributed by atoms with Gasteiger partial charge in [-0.05, 0) is 24.3 Å². The monoisotopic (exact) mass is 229 g/mol. The molecule has 0 spiro atoms. The van der Waals surface area contributed by atoms with Crippen molar-refractivity contribution in [3.8, 4) is 11.4 Å². The quantitative estimate of drug-likeness (QED) is 0.692. The second kappa shape index (κ2) is 3.55. The van der Waals surface area contributed by atoms with E-state index in [2.05, 4.69) is 10.1 Å². The smallest absolute Gasteiger partial charge is 0.183 e. The summed E-state index contributed by atoms with van der Waals surface area (Å²) in [5.41, 5.74) is 1.21. The van der Waals surface area contributed by atoms with Crippen LogP contribution < -0.4 is 5.43 Å². The van der Waals surface area contributed by atoms with Gasteiger partial charge in [0.25, 0.3) is 0 Å². The van der Waals surface area contributed by atoms with Crippen molar-refractivity contribution in [3.63, 3.8) is 0 Å². The van der Waals surface area contributed by atoms with Gasteiger partial charge in [-0.1, -0.05) is 0 Å². The number of H-pyrrole nitrogens is 1. The average molecular weight is 229 g/mol. The minimum Gasteiger partial charge on any atom is -0.290 e. The van der Waals surface area contributed by atoms with E-state index in [4.69, 9.17) is 0 Å². The second-order valence-electron chi connectivity index (χ2n) is 3.67. The zero-order chi connectivity index (χ0) is 11.8. The fourth-order valence-electron chi connectivity index (χ4n) is 1.64. The lowest BCUT2D eigenvalue weighted by atomic mass is 10.2. The Bertz CT molecular complexity index is 727. The zero-order valence-corrected chi connectivity index (χ0v) is 8.72. The lowest BCUT2D eigenvalue weighted by Gasteiger charge is -1.94. The van der Waals surface area contributed by atoms with E-state index in [9.17, 15) is 9.18 Å². The molecule has 0 amide bonds. The average Bonchev–Trinajstić information content (AvgIpc) is 2.72. The third-order valence-electron chi connectivity index (χ3n) is 2.48. The number of halogens is 1. The normalized spacial score (nSPS) is 10.9. The SMILES string of the molecule is O=c1ccn2[nH]c(-c3ccc(F)cc3)nc2c1. The third kappa shape index (κ3) is 1.71. The number of aromatic amines is 1. The molecule has 0 aliphatic heterocycles. The van der Waals surface area contributed by atoms with Crippen molar-refractivity contribution in [3.05, 3.63) is 58.6 Å². The summed E-state index contributed by atoms with van der Waals surface area (Å²) >= 11 is 0. The van der Waals surface area contributed by atoms with Gasteiger partial charge in [0, 0.05) is 23.9 Å². The Morgan fingerprint density at radius 1 is 1.18 bits per heavy atom. The van der Waals surface area contributed by atoms with Crippen molar-refractivity contribution in [2.45, 2.75) is 0 Å². The summed E-state index contributed by atoms with van der Waals surface area (Å²) in [6.07, 6.45) is 1.61. The van der Waals surface area contributed by atoms with E-state index in [1.165, 1.54) is 24.3 Å². The minimum atomic E-state index is -0.292. The van der Waals surface area contributed by atoms with Crippen LogP contribution >= 0.6 is 0 Å². The van der Waals surface area contributed by atoms with Gasteiger partial charge in [0.1, 0.15) is 5.82 Å².